The van der Waals surface area contributed by atoms with E-state index in [1.165, 1.54) is 71.4 Å². The maximum absolute atomic E-state index is 12.8. The van der Waals surface area contributed by atoms with E-state index in [1.54, 1.807) is 0 Å². The number of esters is 2. The van der Waals surface area contributed by atoms with Crippen molar-refractivity contribution in [1.82, 2.24) is 0 Å². The molecule has 240 valence electrons. The Labute approximate surface area is 277 Å². The number of benzene rings is 2. The molecule has 0 unspecified atom stereocenters. The van der Waals surface area contributed by atoms with Crippen molar-refractivity contribution in [2.24, 2.45) is 47.3 Å². The summed E-state index contributed by atoms with van der Waals surface area (Å²) in [6.45, 7) is 4.25. The van der Waals surface area contributed by atoms with Crippen LogP contribution in [0.4, 0.5) is 0 Å². The van der Waals surface area contributed by atoms with Crippen molar-refractivity contribution < 1.29 is 28.5 Å². The topological polar surface area (TPSA) is 71.1 Å². The zero-order valence-corrected chi connectivity index (χ0v) is 28.9. The molecule has 2 aromatic rings. The Kier molecular flexibility index (Phi) is 7.89. The monoisotopic (exact) mass is 728 g/mol. The van der Waals surface area contributed by atoms with Gasteiger partial charge in [0.2, 0.25) is 0 Å². The summed E-state index contributed by atoms with van der Waals surface area (Å²) in [7, 11) is 0. The molecule has 8 saturated carbocycles. The molecule has 8 bridgehead atoms. The van der Waals surface area contributed by atoms with Crippen LogP contribution in [0.2, 0.25) is 0 Å². The van der Waals surface area contributed by atoms with Gasteiger partial charge in [0.25, 0.3) is 0 Å². The second-order valence-corrected chi connectivity index (χ2v) is 18.8. The molecule has 0 saturated heterocycles. The molecular formula is C38H46O6Te. The van der Waals surface area contributed by atoms with Crippen molar-refractivity contribution >= 4 is 40.1 Å². The van der Waals surface area contributed by atoms with E-state index in [0.29, 0.717) is 35.2 Å². The van der Waals surface area contributed by atoms with Gasteiger partial charge in [0.15, 0.2) is 0 Å². The molecule has 0 amide bonds. The number of carbonyl (C=O) groups is 2. The van der Waals surface area contributed by atoms with Gasteiger partial charge in [-0.15, -0.1) is 0 Å². The summed E-state index contributed by atoms with van der Waals surface area (Å²) >= 11 is -0.597. The van der Waals surface area contributed by atoms with E-state index in [4.69, 9.17) is 18.9 Å². The zero-order valence-electron chi connectivity index (χ0n) is 26.6. The maximum atomic E-state index is 12.8. The van der Waals surface area contributed by atoms with Gasteiger partial charge in [-0.1, -0.05) is 0 Å². The number of carbonyl (C=O) groups excluding carboxylic acids is 2. The molecule has 7 heteroatoms. The Morgan fingerprint density at radius 1 is 0.556 bits per heavy atom. The minimum absolute atomic E-state index is 0.0474. The van der Waals surface area contributed by atoms with Crippen LogP contribution >= 0.6 is 0 Å². The molecule has 10 rings (SSSR count). The molecule has 45 heavy (non-hydrogen) atoms. The molecule has 8 fully saturated rings. The first-order valence-electron chi connectivity index (χ1n) is 17.3. The van der Waals surface area contributed by atoms with Crippen molar-refractivity contribution in [2.45, 2.75) is 89.3 Å². The fourth-order valence-electron chi connectivity index (χ4n) is 10.8. The van der Waals surface area contributed by atoms with E-state index in [-0.39, 0.29) is 36.4 Å². The average molecular weight is 726 g/mol. The van der Waals surface area contributed by atoms with Crippen LogP contribution in [0.15, 0.2) is 48.5 Å². The van der Waals surface area contributed by atoms with Gasteiger partial charge >= 0.3 is 266 Å². The van der Waals surface area contributed by atoms with E-state index in [9.17, 15) is 9.59 Å². The number of hydrogen-bond donors (Lipinski definition) is 0. The molecule has 0 radical (unpaired) electrons. The second kappa shape index (κ2) is 11.8. The predicted molar refractivity (Wildman–Crippen MR) is 172 cm³/mol. The van der Waals surface area contributed by atoms with Gasteiger partial charge in [-0.25, -0.2) is 0 Å². The van der Waals surface area contributed by atoms with Crippen LogP contribution in [-0.2, 0) is 19.1 Å². The van der Waals surface area contributed by atoms with Crippen molar-refractivity contribution in [3.05, 3.63) is 48.5 Å². The van der Waals surface area contributed by atoms with E-state index in [2.05, 4.69) is 38.1 Å². The van der Waals surface area contributed by atoms with Crippen LogP contribution in [-0.4, -0.2) is 57.3 Å². The van der Waals surface area contributed by atoms with Crippen molar-refractivity contribution in [3.63, 3.8) is 0 Å². The van der Waals surface area contributed by atoms with Crippen molar-refractivity contribution in [2.75, 3.05) is 13.2 Å². The third-order valence-electron chi connectivity index (χ3n) is 12.8. The van der Waals surface area contributed by atoms with Crippen LogP contribution in [0.25, 0.3) is 0 Å². The van der Waals surface area contributed by atoms with Gasteiger partial charge in [-0.2, -0.15) is 0 Å². The van der Waals surface area contributed by atoms with Crippen LogP contribution < -0.4 is 16.7 Å². The van der Waals surface area contributed by atoms with Crippen LogP contribution in [0.3, 0.4) is 0 Å². The Balaban J connectivity index is 0.783. The van der Waals surface area contributed by atoms with Crippen LogP contribution in [0.5, 0.6) is 11.5 Å². The summed E-state index contributed by atoms with van der Waals surface area (Å²) in [6.07, 6.45) is 12.5. The zero-order chi connectivity index (χ0) is 30.8. The molecule has 0 aliphatic heterocycles. The molecule has 8 aliphatic rings. The summed E-state index contributed by atoms with van der Waals surface area (Å²) in [5.41, 5.74) is -0.640. The average Bonchev–Trinajstić information content (AvgIpc) is 3.01. The molecule has 0 atom stereocenters. The van der Waals surface area contributed by atoms with Gasteiger partial charge in [0, 0.05) is 0 Å². The molecule has 6 nitrogen and oxygen atoms in total. The fourth-order valence-corrected chi connectivity index (χ4v) is 13.1. The normalized spacial score (nSPS) is 38.6. The molecule has 2 aromatic carbocycles. The molecule has 8 aliphatic carbocycles. The standard InChI is InChI=1S/C38H46O6Te/c1-37(27-13-23-11-24(15-27)16-28(37)14-23)43-35(39)21-41-31-3-7-33(8-4-31)45-34-9-5-32(6-10-34)42-22-36(40)44-38(2)29-17-25-12-26(19-29)20-30(38)18-25/h3-10,23-30H,11-22H2,1-2H3. The van der Waals surface area contributed by atoms with Gasteiger partial charge in [-0.05, 0) is 12.8 Å². The fraction of sp³-hybridized carbons (Fsp3) is 0.632. The minimum atomic E-state index is -0.597. The molecular weight excluding hydrogens is 680 g/mol. The van der Waals surface area contributed by atoms with Crippen LogP contribution in [0, 0.1) is 47.3 Å². The second-order valence-electron chi connectivity index (χ2n) is 15.5. The Bertz CT molecular complexity index is 1250. The first-order chi connectivity index (χ1) is 21.7. The third kappa shape index (κ3) is 5.91. The predicted octanol–water partition coefficient (Wildman–Crippen LogP) is 5.62. The summed E-state index contributed by atoms with van der Waals surface area (Å²) in [5, 5.41) is 0. The van der Waals surface area contributed by atoms with E-state index >= 15 is 0 Å². The molecule has 0 heterocycles. The summed E-state index contributed by atoms with van der Waals surface area (Å²) in [5.74, 6) is 6.32. The van der Waals surface area contributed by atoms with Gasteiger partial charge in [0.05, 0.1) is 0 Å². The quantitative estimate of drug-likeness (QED) is 0.234. The van der Waals surface area contributed by atoms with Gasteiger partial charge in [0.1, 0.15) is 0 Å². The Morgan fingerprint density at radius 2 is 0.867 bits per heavy atom. The van der Waals surface area contributed by atoms with Crippen molar-refractivity contribution in [3.8, 4) is 11.5 Å². The number of hydrogen-bond acceptors (Lipinski definition) is 6. The SMILES string of the molecule is CC1(OC(=O)COc2ccc([Te]c3ccc(OCC(=O)OC4(C)C5CC6CC(C5)CC4C6)cc3)cc2)C2CC3CC(C2)CC1C3. The third-order valence-corrected chi connectivity index (χ3v) is 15.7. The van der Waals surface area contributed by atoms with Crippen molar-refractivity contribution in [1.29, 1.82) is 0 Å². The van der Waals surface area contributed by atoms with Crippen LogP contribution in [0.1, 0.15) is 78.1 Å². The van der Waals surface area contributed by atoms with E-state index in [0.717, 1.165) is 23.7 Å². The number of ether oxygens (including phenoxy) is 4. The Morgan fingerprint density at radius 3 is 1.18 bits per heavy atom. The van der Waals surface area contributed by atoms with E-state index in [1.807, 2.05) is 24.3 Å². The molecule has 0 N–H and O–H groups in total. The molecule has 0 spiro atoms. The first-order valence-corrected chi connectivity index (χ1v) is 19.6. The first kappa shape index (κ1) is 30.1. The number of rotatable bonds is 10. The van der Waals surface area contributed by atoms with Gasteiger partial charge in [-0.3, -0.25) is 0 Å². The molecule has 0 aromatic heterocycles. The summed E-state index contributed by atoms with van der Waals surface area (Å²) in [4.78, 5) is 25.6. The Hall–Kier alpha value is -2.23. The van der Waals surface area contributed by atoms with Gasteiger partial charge < -0.3 is 0 Å². The summed E-state index contributed by atoms with van der Waals surface area (Å²) in [6, 6.07) is 16.2. The van der Waals surface area contributed by atoms with E-state index < -0.39 is 20.9 Å². The summed E-state index contributed by atoms with van der Waals surface area (Å²) < 4.78 is 26.5.